The molecule has 59 heavy (non-hydrogen) atoms. The molecule has 0 bridgehead atoms. The summed E-state index contributed by atoms with van der Waals surface area (Å²) in [7, 11) is 0. The highest BCUT2D eigenvalue weighted by Crippen LogP contribution is 2.54. The van der Waals surface area contributed by atoms with Crippen molar-refractivity contribution in [2.24, 2.45) is 0 Å². The van der Waals surface area contributed by atoms with Crippen LogP contribution in [-0.2, 0) is 5.41 Å². The third kappa shape index (κ3) is 5.11. The first-order valence-electron chi connectivity index (χ1n) is 22.2. The Bertz CT molecular complexity index is 3740. The Morgan fingerprint density at radius 3 is 1.95 bits per heavy atom. The van der Waals surface area contributed by atoms with E-state index < -0.39 is 18.1 Å². The molecule has 0 atom stereocenters. The lowest BCUT2D eigenvalue weighted by Crippen LogP contribution is -2.15. The molecule has 278 valence electrons. The van der Waals surface area contributed by atoms with Crippen molar-refractivity contribution < 1.29 is 6.85 Å². The summed E-state index contributed by atoms with van der Waals surface area (Å²) in [5.41, 5.74) is 11.5. The molecule has 8 aromatic carbocycles. The predicted molar refractivity (Wildman–Crippen MR) is 246 cm³/mol. The number of aromatic nitrogens is 4. The normalized spacial score (nSPS) is 14.2. The van der Waals surface area contributed by atoms with Gasteiger partial charge in [-0.05, 0) is 57.6 Å². The molecule has 0 N–H and O–H groups in total. The fourth-order valence-electron chi connectivity index (χ4n) is 9.32. The minimum Gasteiger partial charge on any atom is -0.309 e. The Labute approximate surface area is 352 Å². The van der Waals surface area contributed by atoms with E-state index in [1.165, 1.54) is 27.6 Å². The minimum atomic E-state index is -0.477. The van der Waals surface area contributed by atoms with E-state index in [9.17, 15) is 0 Å². The molecule has 1 aliphatic carbocycles. The van der Waals surface area contributed by atoms with E-state index in [1.54, 1.807) is 11.3 Å². The molecule has 3 heterocycles. The number of thiophene rings is 1. The summed E-state index contributed by atoms with van der Waals surface area (Å²) < 4.78 is 47.8. The second-order valence-corrected chi connectivity index (χ2v) is 16.6. The predicted octanol–water partition coefficient (Wildman–Crippen LogP) is 14.3. The molecule has 0 amide bonds. The number of fused-ring (bicyclic) bond motifs is 10. The van der Waals surface area contributed by atoms with E-state index in [1.807, 2.05) is 36.4 Å². The summed E-state index contributed by atoms with van der Waals surface area (Å²) in [5, 5.41) is 4.49. The number of benzene rings is 8. The van der Waals surface area contributed by atoms with Crippen molar-refractivity contribution in [3.63, 3.8) is 0 Å². The van der Waals surface area contributed by atoms with Gasteiger partial charge in [0.05, 0.1) is 17.9 Å². The largest absolute Gasteiger partial charge is 0.309 e. The van der Waals surface area contributed by atoms with Crippen LogP contribution >= 0.6 is 11.3 Å². The quantitative estimate of drug-likeness (QED) is 0.175. The monoisotopic (exact) mass is 777 g/mol. The zero-order valence-corrected chi connectivity index (χ0v) is 32.9. The van der Waals surface area contributed by atoms with Crippen LogP contribution in [-0.4, -0.2) is 19.5 Å². The molecule has 0 aliphatic heterocycles. The summed E-state index contributed by atoms with van der Waals surface area (Å²) in [6.45, 7) is 4.65. The second kappa shape index (κ2) is 12.9. The van der Waals surface area contributed by atoms with Crippen LogP contribution in [0, 0.1) is 0 Å². The molecule has 0 radical (unpaired) electrons. The zero-order valence-electron chi connectivity index (χ0n) is 37.1. The first-order chi connectivity index (χ1) is 31.1. The summed E-state index contributed by atoms with van der Waals surface area (Å²) >= 11 is 1.67. The molecule has 5 heteroatoms. The number of para-hydroxylation sites is 1. The molecule has 0 spiro atoms. The molecule has 0 unspecified atom stereocenters. The van der Waals surface area contributed by atoms with Gasteiger partial charge in [-0.25, -0.2) is 15.0 Å². The lowest BCUT2D eigenvalue weighted by atomic mass is 9.80. The van der Waals surface area contributed by atoms with Gasteiger partial charge in [0.25, 0.3) is 0 Å². The van der Waals surface area contributed by atoms with Gasteiger partial charge in [0.1, 0.15) is 0 Å². The molecular weight excluding hydrogens is 737 g/mol. The van der Waals surface area contributed by atoms with Crippen molar-refractivity contribution in [3.8, 4) is 62.1 Å². The van der Waals surface area contributed by atoms with Crippen LogP contribution in [0.25, 0.3) is 104 Å². The van der Waals surface area contributed by atoms with Gasteiger partial charge in [0.2, 0.25) is 0 Å². The Kier molecular flexibility index (Phi) is 6.36. The molecular formula is C54H36N4S. The Balaban J connectivity index is 1.21. The maximum atomic E-state index is 8.96. The molecule has 0 saturated heterocycles. The highest BCUT2D eigenvalue weighted by Gasteiger charge is 2.38. The SMILES string of the molecule is [2H]c1c([2H])c([2H])c(-c2nc(-c3ccccc3)nc(-c3cc(-n4c5ccccc5c5c6c(ccc54)-c4ccccc4C6(C)C)cc4c3sc3c(-c5ccccc5)cccc34)n2)c([2H])c1[2H]. The molecule has 0 saturated carbocycles. The molecule has 12 rings (SSSR count). The van der Waals surface area contributed by atoms with Gasteiger partial charge in [0.15, 0.2) is 17.5 Å². The number of rotatable bonds is 5. The standard InChI is InChI=1S/C54H36N4S/c1-54(2)44-27-14-12-23-38(44)39-29-30-46-47(48(39)54)41-24-13-15-28-45(41)58(46)36-31-42-40-26-16-25-37(33-17-6-3-7-18-33)49(40)59-50(42)43(32-36)53-56-51(34-19-8-4-9-20-34)55-52(57-53)35-21-10-5-11-22-35/h3-32H,1-2H3/i4D,8D,9D,19D,20D. The van der Waals surface area contributed by atoms with E-state index in [0.717, 1.165) is 59.0 Å². The van der Waals surface area contributed by atoms with Crippen molar-refractivity contribution in [1.82, 2.24) is 19.5 Å². The summed E-state index contributed by atoms with van der Waals surface area (Å²) in [6.07, 6.45) is 0. The molecule has 11 aromatic rings. The van der Waals surface area contributed by atoms with Crippen LogP contribution in [0.5, 0.6) is 0 Å². The van der Waals surface area contributed by atoms with Gasteiger partial charge >= 0.3 is 0 Å². The van der Waals surface area contributed by atoms with E-state index in [2.05, 4.69) is 134 Å². The average molecular weight is 778 g/mol. The Morgan fingerprint density at radius 2 is 1.14 bits per heavy atom. The highest BCUT2D eigenvalue weighted by atomic mass is 32.1. The van der Waals surface area contributed by atoms with Gasteiger partial charge in [0, 0.05) is 58.7 Å². The van der Waals surface area contributed by atoms with Crippen molar-refractivity contribution in [3.05, 3.63) is 193 Å². The van der Waals surface area contributed by atoms with Crippen molar-refractivity contribution in [2.45, 2.75) is 19.3 Å². The maximum absolute atomic E-state index is 8.96. The van der Waals surface area contributed by atoms with Crippen molar-refractivity contribution >= 4 is 53.3 Å². The zero-order chi connectivity index (χ0) is 43.6. The van der Waals surface area contributed by atoms with Crippen molar-refractivity contribution in [2.75, 3.05) is 0 Å². The highest BCUT2D eigenvalue weighted by molar-refractivity contribution is 7.26. The molecule has 1 aliphatic rings. The lowest BCUT2D eigenvalue weighted by Gasteiger charge is -2.22. The van der Waals surface area contributed by atoms with Gasteiger partial charge in [-0.1, -0.05) is 171 Å². The van der Waals surface area contributed by atoms with E-state index in [4.69, 9.17) is 21.8 Å². The third-order valence-corrected chi connectivity index (χ3v) is 13.2. The third-order valence-electron chi connectivity index (χ3n) is 11.9. The number of nitrogens with zero attached hydrogens (tertiary/aromatic N) is 4. The molecule has 0 fully saturated rings. The van der Waals surface area contributed by atoms with E-state index >= 15 is 0 Å². The fraction of sp³-hybridized carbons (Fsp3) is 0.0556. The second-order valence-electron chi connectivity index (χ2n) is 15.6. The first-order valence-corrected chi connectivity index (χ1v) is 20.5. The van der Waals surface area contributed by atoms with Crippen LogP contribution in [0.15, 0.2) is 182 Å². The van der Waals surface area contributed by atoms with Gasteiger partial charge in [-0.3, -0.25) is 0 Å². The summed E-state index contributed by atoms with van der Waals surface area (Å²) in [6, 6.07) is 50.5. The summed E-state index contributed by atoms with van der Waals surface area (Å²) in [4.78, 5) is 15.1. The van der Waals surface area contributed by atoms with E-state index in [0.29, 0.717) is 17.2 Å². The smallest absolute Gasteiger partial charge is 0.165 e. The van der Waals surface area contributed by atoms with Crippen LogP contribution < -0.4 is 0 Å². The Hall–Kier alpha value is -7.21. The fourth-order valence-corrected chi connectivity index (χ4v) is 10.6. The number of hydrogen-bond acceptors (Lipinski definition) is 4. The van der Waals surface area contributed by atoms with Gasteiger partial charge in [-0.15, -0.1) is 11.3 Å². The van der Waals surface area contributed by atoms with Crippen LogP contribution in [0.2, 0.25) is 0 Å². The van der Waals surface area contributed by atoms with Gasteiger partial charge < -0.3 is 4.57 Å². The minimum absolute atomic E-state index is 0.000263. The van der Waals surface area contributed by atoms with Crippen LogP contribution in [0.1, 0.15) is 31.8 Å². The van der Waals surface area contributed by atoms with Gasteiger partial charge in [-0.2, -0.15) is 0 Å². The Morgan fingerprint density at radius 1 is 0.492 bits per heavy atom. The summed E-state index contributed by atoms with van der Waals surface area (Å²) in [5.74, 6) is 0.652. The number of hydrogen-bond donors (Lipinski definition) is 0. The van der Waals surface area contributed by atoms with Crippen LogP contribution in [0.4, 0.5) is 0 Å². The van der Waals surface area contributed by atoms with Crippen molar-refractivity contribution in [1.29, 1.82) is 0 Å². The first kappa shape index (κ1) is 29.1. The molecule has 4 nitrogen and oxygen atoms in total. The maximum Gasteiger partial charge on any atom is 0.165 e. The topological polar surface area (TPSA) is 43.6 Å². The molecule has 3 aromatic heterocycles. The average Bonchev–Trinajstić information content (AvgIpc) is 3.96. The van der Waals surface area contributed by atoms with Crippen LogP contribution in [0.3, 0.4) is 0 Å². The lowest BCUT2D eigenvalue weighted by molar-refractivity contribution is 0.666. The van der Waals surface area contributed by atoms with E-state index in [-0.39, 0.29) is 28.9 Å².